The molecule has 1 atom stereocenters. The molecule has 4 nitrogen and oxygen atoms in total. The Labute approximate surface area is 122 Å². The number of hydrogen-bond acceptors (Lipinski definition) is 4. The number of nitrogens with zero attached hydrogens (tertiary/aromatic N) is 2. The Morgan fingerprint density at radius 1 is 1.48 bits per heavy atom. The van der Waals surface area contributed by atoms with Gasteiger partial charge in [-0.25, -0.2) is 4.98 Å². The largest absolute Gasteiger partial charge is 0.419 e. The zero-order chi connectivity index (χ0) is 15.5. The monoisotopic (exact) mass is 303 g/mol. The highest BCUT2D eigenvalue weighted by Crippen LogP contribution is 2.36. The molecule has 0 amide bonds. The van der Waals surface area contributed by atoms with E-state index in [9.17, 15) is 13.2 Å². The third kappa shape index (κ3) is 4.07. The van der Waals surface area contributed by atoms with Crippen molar-refractivity contribution >= 4 is 5.82 Å². The quantitative estimate of drug-likeness (QED) is 0.926. The van der Waals surface area contributed by atoms with E-state index in [0.29, 0.717) is 26.3 Å². The smallest absolute Gasteiger partial charge is 0.377 e. The minimum absolute atomic E-state index is 0.0103. The summed E-state index contributed by atoms with van der Waals surface area (Å²) in [6, 6.07) is 2.50. The molecule has 2 heterocycles. The van der Waals surface area contributed by atoms with Crippen LogP contribution in [0.2, 0.25) is 0 Å². The van der Waals surface area contributed by atoms with Crippen molar-refractivity contribution in [3.8, 4) is 0 Å². The molecule has 1 aliphatic rings. The Balaban J connectivity index is 2.25. The molecule has 21 heavy (non-hydrogen) atoms. The number of alkyl halides is 3. The molecule has 0 radical (unpaired) electrons. The number of aromatic nitrogens is 1. The van der Waals surface area contributed by atoms with Crippen LogP contribution < -0.4 is 10.2 Å². The van der Waals surface area contributed by atoms with Crippen molar-refractivity contribution in [1.29, 1.82) is 0 Å². The van der Waals surface area contributed by atoms with Gasteiger partial charge in [0.25, 0.3) is 0 Å². The second kappa shape index (κ2) is 6.62. The highest BCUT2D eigenvalue weighted by molar-refractivity contribution is 5.49. The van der Waals surface area contributed by atoms with Crippen molar-refractivity contribution in [1.82, 2.24) is 10.3 Å². The number of nitrogens with one attached hydrogen (secondary N) is 1. The topological polar surface area (TPSA) is 37.4 Å². The van der Waals surface area contributed by atoms with Gasteiger partial charge in [-0.2, -0.15) is 13.2 Å². The Hall–Kier alpha value is -1.34. The molecule has 2 rings (SSSR count). The lowest BCUT2D eigenvalue weighted by atomic mass is 10.1. The van der Waals surface area contributed by atoms with Crippen molar-refractivity contribution in [3.05, 3.63) is 23.9 Å². The van der Waals surface area contributed by atoms with Crippen LogP contribution in [0.25, 0.3) is 0 Å². The van der Waals surface area contributed by atoms with E-state index < -0.39 is 11.7 Å². The zero-order valence-electron chi connectivity index (χ0n) is 12.2. The maximum absolute atomic E-state index is 13.1. The SMILES string of the molecule is CC(C)NCC1COCCN1c1ncccc1C(F)(F)F. The van der Waals surface area contributed by atoms with E-state index in [0.717, 1.165) is 6.07 Å². The number of rotatable bonds is 4. The second-order valence-electron chi connectivity index (χ2n) is 5.36. The third-order valence-corrected chi connectivity index (χ3v) is 3.35. The highest BCUT2D eigenvalue weighted by atomic mass is 19.4. The summed E-state index contributed by atoms with van der Waals surface area (Å²) in [5.41, 5.74) is -0.693. The first-order valence-corrected chi connectivity index (χ1v) is 6.99. The van der Waals surface area contributed by atoms with Crippen LogP contribution in [0.4, 0.5) is 19.0 Å². The van der Waals surface area contributed by atoms with Gasteiger partial charge < -0.3 is 15.0 Å². The van der Waals surface area contributed by atoms with Crippen molar-refractivity contribution in [2.24, 2.45) is 0 Å². The number of anilines is 1. The summed E-state index contributed by atoms with van der Waals surface area (Å²) in [6.07, 6.45) is -3.01. The summed E-state index contributed by atoms with van der Waals surface area (Å²) < 4.78 is 44.8. The molecule has 1 aromatic heterocycles. The zero-order valence-corrected chi connectivity index (χ0v) is 12.2. The van der Waals surface area contributed by atoms with E-state index in [1.54, 1.807) is 4.90 Å². The number of ether oxygens (including phenoxy) is 1. The number of morpholine rings is 1. The summed E-state index contributed by atoms with van der Waals surface area (Å²) in [6.45, 7) is 5.77. The maximum Gasteiger partial charge on any atom is 0.419 e. The molecule has 0 saturated carbocycles. The first kappa shape index (κ1) is 16.0. The second-order valence-corrected chi connectivity index (χ2v) is 5.36. The fraction of sp³-hybridized carbons (Fsp3) is 0.643. The van der Waals surface area contributed by atoms with Crippen molar-refractivity contribution in [2.45, 2.75) is 32.1 Å². The lowest BCUT2D eigenvalue weighted by Gasteiger charge is -2.38. The van der Waals surface area contributed by atoms with Crippen LogP contribution >= 0.6 is 0 Å². The van der Waals surface area contributed by atoms with Gasteiger partial charge in [-0.3, -0.25) is 0 Å². The Bertz CT molecular complexity index is 465. The molecule has 1 unspecified atom stereocenters. The average molecular weight is 303 g/mol. The van der Waals surface area contributed by atoms with Crippen LogP contribution in [0.3, 0.4) is 0 Å². The van der Waals surface area contributed by atoms with E-state index >= 15 is 0 Å². The lowest BCUT2D eigenvalue weighted by Crippen LogP contribution is -2.52. The van der Waals surface area contributed by atoms with Crippen LogP contribution in [0.15, 0.2) is 18.3 Å². The van der Waals surface area contributed by atoms with Crippen LogP contribution in [-0.2, 0) is 10.9 Å². The highest BCUT2D eigenvalue weighted by Gasteiger charge is 2.37. The van der Waals surface area contributed by atoms with E-state index in [-0.39, 0.29) is 17.9 Å². The molecule has 1 aliphatic heterocycles. The number of hydrogen-bond donors (Lipinski definition) is 1. The predicted octanol–water partition coefficient (Wildman–Crippen LogP) is 2.30. The van der Waals surface area contributed by atoms with Gasteiger partial charge in [-0.1, -0.05) is 13.8 Å². The van der Waals surface area contributed by atoms with Gasteiger partial charge in [0.2, 0.25) is 0 Å². The van der Waals surface area contributed by atoms with E-state index in [2.05, 4.69) is 10.3 Å². The van der Waals surface area contributed by atoms with Crippen LogP contribution in [0, 0.1) is 0 Å². The molecule has 7 heteroatoms. The third-order valence-electron chi connectivity index (χ3n) is 3.35. The summed E-state index contributed by atoms with van der Waals surface area (Å²) >= 11 is 0. The molecular weight excluding hydrogens is 283 g/mol. The summed E-state index contributed by atoms with van der Waals surface area (Å²) in [5, 5.41) is 3.24. The average Bonchev–Trinajstić information content (AvgIpc) is 2.44. The van der Waals surface area contributed by atoms with E-state index in [4.69, 9.17) is 4.74 Å². The Morgan fingerprint density at radius 2 is 2.24 bits per heavy atom. The Morgan fingerprint density at radius 3 is 2.90 bits per heavy atom. The summed E-state index contributed by atoms with van der Waals surface area (Å²) in [5.74, 6) is -0.0103. The molecule has 0 aliphatic carbocycles. The number of halogens is 3. The molecular formula is C14H20F3N3O. The molecule has 1 fully saturated rings. The van der Waals surface area contributed by atoms with Crippen LogP contribution in [-0.4, -0.2) is 43.4 Å². The molecule has 1 N–H and O–H groups in total. The summed E-state index contributed by atoms with van der Waals surface area (Å²) in [7, 11) is 0. The standard InChI is InChI=1S/C14H20F3N3O/c1-10(2)19-8-11-9-21-7-6-20(11)13-12(14(15,16)17)4-3-5-18-13/h3-5,10-11,19H,6-9H2,1-2H3. The molecule has 1 aromatic rings. The van der Waals surface area contributed by atoms with Crippen molar-refractivity contribution in [3.63, 3.8) is 0 Å². The minimum atomic E-state index is -4.40. The minimum Gasteiger partial charge on any atom is -0.377 e. The van der Waals surface area contributed by atoms with Gasteiger partial charge in [-0.15, -0.1) is 0 Å². The van der Waals surface area contributed by atoms with Crippen molar-refractivity contribution < 1.29 is 17.9 Å². The fourth-order valence-corrected chi connectivity index (χ4v) is 2.32. The first-order valence-electron chi connectivity index (χ1n) is 6.99. The van der Waals surface area contributed by atoms with Crippen molar-refractivity contribution in [2.75, 3.05) is 31.2 Å². The fourth-order valence-electron chi connectivity index (χ4n) is 2.32. The van der Waals surface area contributed by atoms with Crippen LogP contribution in [0.1, 0.15) is 19.4 Å². The molecule has 0 bridgehead atoms. The molecule has 0 spiro atoms. The predicted molar refractivity (Wildman–Crippen MR) is 74.3 cm³/mol. The van der Waals surface area contributed by atoms with Gasteiger partial charge in [0, 0.05) is 25.3 Å². The Kier molecular flexibility index (Phi) is 5.05. The van der Waals surface area contributed by atoms with Gasteiger partial charge in [0.05, 0.1) is 24.8 Å². The molecule has 1 saturated heterocycles. The summed E-state index contributed by atoms with van der Waals surface area (Å²) in [4.78, 5) is 5.66. The van der Waals surface area contributed by atoms with Crippen LogP contribution in [0.5, 0.6) is 0 Å². The number of pyridine rings is 1. The van der Waals surface area contributed by atoms with Gasteiger partial charge in [0.15, 0.2) is 0 Å². The lowest BCUT2D eigenvalue weighted by molar-refractivity contribution is -0.137. The van der Waals surface area contributed by atoms with E-state index in [1.165, 1.54) is 12.3 Å². The van der Waals surface area contributed by atoms with Gasteiger partial charge >= 0.3 is 6.18 Å². The normalized spacial score (nSPS) is 20.1. The molecule has 0 aromatic carbocycles. The first-order chi connectivity index (χ1) is 9.89. The maximum atomic E-state index is 13.1. The van der Waals surface area contributed by atoms with E-state index in [1.807, 2.05) is 13.8 Å². The van der Waals surface area contributed by atoms with Gasteiger partial charge in [-0.05, 0) is 12.1 Å². The van der Waals surface area contributed by atoms with Gasteiger partial charge in [0.1, 0.15) is 5.82 Å². The molecule has 118 valence electrons.